The summed E-state index contributed by atoms with van der Waals surface area (Å²) in [5, 5.41) is 3.24. The average Bonchev–Trinajstić information content (AvgIpc) is 2.69. The van der Waals surface area contributed by atoms with Crippen LogP contribution in [0.25, 0.3) is 0 Å². The Bertz CT molecular complexity index is 860. The molecule has 154 valence electrons. The molecule has 0 fully saturated rings. The molecule has 0 atom stereocenters. The van der Waals surface area contributed by atoms with Gasteiger partial charge in [0.15, 0.2) is 5.96 Å². The minimum absolute atomic E-state index is 0. The van der Waals surface area contributed by atoms with E-state index in [2.05, 4.69) is 15.0 Å². The first kappa shape index (κ1) is 24.2. The first-order valence-corrected chi connectivity index (χ1v) is 10.1. The summed E-state index contributed by atoms with van der Waals surface area (Å²) in [4.78, 5) is 6.46. The maximum Gasteiger partial charge on any atom is 0.240 e. The second-order valence-electron chi connectivity index (χ2n) is 5.84. The van der Waals surface area contributed by atoms with E-state index in [0.29, 0.717) is 25.7 Å². The monoisotopic (exact) mass is 518 g/mol. The lowest BCUT2D eigenvalue weighted by atomic mass is 10.2. The fourth-order valence-electron chi connectivity index (χ4n) is 2.43. The van der Waals surface area contributed by atoms with Gasteiger partial charge in [-0.1, -0.05) is 30.3 Å². The van der Waals surface area contributed by atoms with E-state index in [4.69, 9.17) is 4.74 Å². The molecule has 2 N–H and O–H groups in total. The molecule has 2 rings (SSSR count). The van der Waals surface area contributed by atoms with Crippen LogP contribution in [0.3, 0.4) is 0 Å². The highest BCUT2D eigenvalue weighted by atomic mass is 127. The molecule has 0 spiro atoms. The highest BCUT2D eigenvalue weighted by molar-refractivity contribution is 14.0. The van der Waals surface area contributed by atoms with Gasteiger partial charge >= 0.3 is 0 Å². The van der Waals surface area contributed by atoms with Crippen LogP contribution in [-0.4, -0.2) is 53.6 Å². The van der Waals surface area contributed by atoms with Gasteiger partial charge in [0, 0.05) is 20.6 Å². The van der Waals surface area contributed by atoms with Crippen molar-refractivity contribution < 1.29 is 13.2 Å². The lowest BCUT2D eigenvalue weighted by molar-refractivity contribution is 0.281. The first-order chi connectivity index (χ1) is 13.0. The van der Waals surface area contributed by atoms with Gasteiger partial charge in [-0.15, -0.1) is 24.0 Å². The van der Waals surface area contributed by atoms with Crippen molar-refractivity contribution in [2.75, 3.05) is 34.3 Å². The van der Waals surface area contributed by atoms with Gasteiger partial charge in [0.05, 0.1) is 11.4 Å². The number of likely N-dealkylation sites (N-methyl/N-ethyl adjacent to an activating group) is 1. The van der Waals surface area contributed by atoms with Gasteiger partial charge in [-0.3, -0.25) is 4.99 Å². The van der Waals surface area contributed by atoms with Crippen molar-refractivity contribution in [3.63, 3.8) is 0 Å². The van der Waals surface area contributed by atoms with Crippen molar-refractivity contribution in [3.05, 3.63) is 60.2 Å². The number of hydrogen-bond donors (Lipinski definition) is 2. The standard InChI is InChI=1S/C19H26N4O3S.HI/c1-20-19(23(3)12-13-26-17-9-5-4-6-10-17)22-15-16-8-7-11-18(14-16)27(24,25)21-2;/h4-11,14,21H,12-13,15H2,1-3H3,(H,20,22);1H. The van der Waals surface area contributed by atoms with Crippen molar-refractivity contribution >= 4 is 40.0 Å². The minimum Gasteiger partial charge on any atom is -0.492 e. The molecular formula is C19H27IN4O3S. The maximum absolute atomic E-state index is 11.9. The number of ether oxygens (including phenoxy) is 1. The molecule has 28 heavy (non-hydrogen) atoms. The lowest BCUT2D eigenvalue weighted by Crippen LogP contribution is -2.40. The molecule has 9 heteroatoms. The Morgan fingerprint density at radius 3 is 2.50 bits per heavy atom. The molecule has 0 aliphatic heterocycles. The van der Waals surface area contributed by atoms with E-state index in [0.717, 1.165) is 11.3 Å². The SMILES string of the molecule is CN=C(NCc1cccc(S(=O)(=O)NC)c1)N(C)CCOc1ccccc1.I. The van der Waals surface area contributed by atoms with E-state index < -0.39 is 10.0 Å². The summed E-state index contributed by atoms with van der Waals surface area (Å²) in [5.74, 6) is 1.53. The summed E-state index contributed by atoms with van der Waals surface area (Å²) in [5.41, 5.74) is 0.849. The topological polar surface area (TPSA) is 83.0 Å². The summed E-state index contributed by atoms with van der Waals surface area (Å²) in [6.07, 6.45) is 0. The number of nitrogens with one attached hydrogen (secondary N) is 2. The Hall–Kier alpha value is -1.85. The molecule has 2 aromatic rings. The fourth-order valence-corrected chi connectivity index (χ4v) is 3.23. The molecule has 0 aliphatic rings. The fraction of sp³-hybridized carbons (Fsp3) is 0.316. The highest BCUT2D eigenvalue weighted by Gasteiger charge is 2.12. The predicted octanol–water partition coefficient (Wildman–Crippen LogP) is 2.30. The molecule has 7 nitrogen and oxygen atoms in total. The van der Waals surface area contributed by atoms with Gasteiger partial charge in [0.2, 0.25) is 10.0 Å². The normalized spacial score (nSPS) is 11.5. The molecule has 0 saturated carbocycles. The summed E-state index contributed by atoms with van der Waals surface area (Å²) in [7, 11) is 1.57. The number of aliphatic imine (C=N–C) groups is 1. The molecule has 0 heterocycles. The van der Waals surface area contributed by atoms with E-state index in [9.17, 15) is 8.42 Å². The summed E-state index contributed by atoms with van der Waals surface area (Å²) in [6.45, 7) is 1.64. The second-order valence-corrected chi connectivity index (χ2v) is 7.73. The van der Waals surface area contributed by atoms with Crippen LogP contribution in [0.4, 0.5) is 0 Å². The number of benzene rings is 2. The van der Waals surface area contributed by atoms with Crippen LogP contribution in [-0.2, 0) is 16.6 Å². The number of sulfonamides is 1. The van der Waals surface area contributed by atoms with Crippen LogP contribution >= 0.6 is 24.0 Å². The number of guanidine groups is 1. The second kappa shape index (κ2) is 11.9. The Balaban J connectivity index is 0.00000392. The quantitative estimate of drug-likeness (QED) is 0.319. The number of nitrogens with zero attached hydrogens (tertiary/aromatic N) is 2. The third-order valence-corrected chi connectivity index (χ3v) is 5.35. The zero-order valence-corrected chi connectivity index (χ0v) is 19.4. The Labute approximate surface area is 184 Å². The Morgan fingerprint density at radius 2 is 1.86 bits per heavy atom. The van der Waals surface area contributed by atoms with Crippen LogP contribution < -0.4 is 14.8 Å². The van der Waals surface area contributed by atoms with Gasteiger partial charge < -0.3 is 15.0 Å². The summed E-state index contributed by atoms with van der Waals surface area (Å²) >= 11 is 0. The van der Waals surface area contributed by atoms with Crippen LogP contribution in [0.5, 0.6) is 5.75 Å². The number of para-hydroxylation sites is 1. The van der Waals surface area contributed by atoms with E-state index >= 15 is 0 Å². The molecule has 0 bridgehead atoms. The molecule has 0 aliphatic carbocycles. The van der Waals surface area contributed by atoms with Crippen LogP contribution in [0.2, 0.25) is 0 Å². The smallest absolute Gasteiger partial charge is 0.240 e. The third-order valence-electron chi connectivity index (χ3n) is 3.94. The average molecular weight is 518 g/mol. The zero-order chi connectivity index (χ0) is 19.7. The number of hydrogen-bond acceptors (Lipinski definition) is 4. The largest absolute Gasteiger partial charge is 0.492 e. The van der Waals surface area contributed by atoms with E-state index in [1.165, 1.54) is 7.05 Å². The van der Waals surface area contributed by atoms with Gasteiger partial charge in [0.1, 0.15) is 12.4 Å². The van der Waals surface area contributed by atoms with Crippen molar-refractivity contribution in [1.29, 1.82) is 0 Å². The van der Waals surface area contributed by atoms with Gasteiger partial charge in [-0.2, -0.15) is 0 Å². The van der Waals surface area contributed by atoms with Gasteiger partial charge in [-0.05, 0) is 36.9 Å². The molecule has 0 aromatic heterocycles. The molecule has 2 aromatic carbocycles. The predicted molar refractivity (Wildman–Crippen MR) is 123 cm³/mol. The van der Waals surface area contributed by atoms with Crippen molar-refractivity contribution in [1.82, 2.24) is 14.9 Å². The lowest BCUT2D eigenvalue weighted by Gasteiger charge is -2.22. The Morgan fingerprint density at radius 1 is 1.14 bits per heavy atom. The summed E-state index contributed by atoms with van der Waals surface area (Å²) < 4.78 is 31.9. The maximum atomic E-state index is 11.9. The number of halogens is 1. The minimum atomic E-state index is -3.45. The zero-order valence-electron chi connectivity index (χ0n) is 16.3. The van der Waals surface area contributed by atoms with E-state index in [-0.39, 0.29) is 28.9 Å². The molecular weight excluding hydrogens is 491 g/mol. The highest BCUT2D eigenvalue weighted by Crippen LogP contribution is 2.11. The van der Waals surface area contributed by atoms with Gasteiger partial charge in [-0.25, -0.2) is 13.1 Å². The molecule has 0 saturated heterocycles. The van der Waals surface area contributed by atoms with Crippen molar-refractivity contribution in [2.24, 2.45) is 4.99 Å². The Kier molecular flexibility index (Phi) is 10.3. The van der Waals surface area contributed by atoms with Crippen molar-refractivity contribution in [2.45, 2.75) is 11.4 Å². The molecule has 0 amide bonds. The third kappa shape index (κ3) is 7.28. The van der Waals surface area contributed by atoms with Crippen LogP contribution in [0.15, 0.2) is 64.5 Å². The van der Waals surface area contributed by atoms with Crippen LogP contribution in [0, 0.1) is 0 Å². The summed E-state index contributed by atoms with van der Waals surface area (Å²) in [6, 6.07) is 16.4. The number of rotatable bonds is 8. The van der Waals surface area contributed by atoms with E-state index in [1.807, 2.05) is 48.3 Å². The van der Waals surface area contributed by atoms with Gasteiger partial charge in [0.25, 0.3) is 0 Å². The van der Waals surface area contributed by atoms with Crippen molar-refractivity contribution in [3.8, 4) is 5.75 Å². The molecule has 0 radical (unpaired) electrons. The van der Waals surface area contributed by atoms with E-state index in [1.54, 1.807) is 25.2 Å². The molecule has 0 unspecified atom stereocenters. The first-order valence-electron chi connectivity index (χ1n) is 8.58. The van der Waals surface area contributed by atoms with Crippen LogP contribution in [0.1, 0.15) is 5.56 Å².